The predicted octanol–water partition coefficient (Wildman–Crippen LogP) is 2.67. The second-order valence-corrected chi connectivity index (χ2v) is 6.54. The monoisotopic (exact) mass is 339 g/mol. The number of pyridine rings is 1. The van der Waals surface area contributed by atoms with Crippen LogP contribution in [0.5, 0.6) is 0 Å². The fourth-order valence-corrected chi connectivity index (χ4v) is 3.63. The molecule has 4 heterocycles. The van der Waals surface area contributed by atoms with Crippen molar-refractivity contribution in [1.82, 2.24) is 15.2 Å². The lowest BCUT2D eigenvalue weighted by molar-refractivity contribution is -0.152. The van der Waals surface area contributed by atoms with E-state index in [1.165, 1.54) is 6.07 Å². The maximum Gasteiger partial charge on any atom is 0.449 e. The standard InChI is InChI=1S/C16H16F3N3O2/c17-16(18,19)14-5-10-4-12(20-6-13(10)24-14)15(23)21-11-3-9-1-2-22(7-9)8-11/h4-6,9,11H,1-3,7-8H2,(H,21,23)/t9-,11+/m0/s1. The number of nitrogens with one attached hydrogen (secondary N) is 1. The molecule has 1 unspecified atom stereocenters. The molecule has 0 spiro atoms. The smallest absolute Gasteiger partial charge is 0.449 e. The summed E-state index contributed by atoms with van der Waals surface area (Å²) in [4.78, 5) is 18.6. The number of hydrogen-bond acceptors (Lipinski definition) is 4. The Morgan fingerprint density at radius 2 is 2.17 bits per heavy atom. The number of alkyl halides is 3. The average Bonchev–Trinajstić information content (AvgIpc) is 3.09. The van der Waals surface area contributed by atoms with Crippen LogP contribution >= 0.6 is 0 Å². The van der Waals surface area contributed by atoms with E-state index in [-0.39, 0.29) is 28.6 Å². The number of carbonyl (C=O) groups is 1. The van der Waals surface area contributed by atoms with Crippen molar-refractivity contribution in [2.45, 2.75) is 25.1 Å². The number of piperidine rings is 1. The van der Waals surface area contributed by atoms with E-state index in [2.05, 4.69) is 15.2 Å². The van der Waals surface area contributed by atoms with Gasteiger partial charge in [0.25, 0.3) is 5.91 Å². The quantitative estimate of drug-likeness (QED) is 0.914. The van der Waals surface area contributed by atoms with Crippen LogP contribution in [0.15, 0.2) is 22.7 Å². The zero-order valence-electron chi connectivity index (χ0n) is 12.8. The Balaban J connectivity index is 1.52. The molecule has 0 aromatic carbocycles. The van der Waals surface area contributed by atoms with Gasteiger partial charge in [-0.25, -0.2) is 4.98 Å². The lowest BCUT2D eigenvalue weighted by Gasteiger charge is -2.30. The molecule has 1 amide bonds. The van der Waals surface area contributed by atoms with Gasteiger partial charge in [-0.1, -0.05) is 0 Å². The number of nitrogens with zero attached hydrogens (tertiary/aromatic N) is 2. The minimum absolute atomic E-state index is 0.0145. The Labute approximate surface area is 135 Å². The highest BCUT2D eigenvalue weighted by Gasteiger charge is 2.36. The minimum Gasteiger partial charge on any atom is -0.450 e. The molecule has 2 bridgehead atoms. The van der Waals surface area contributed by atoms with Gasteiger partial charge in [0.2, 0.25) is 5.76 Å². The van der Waals surface area contributed by atoms with Crippen LogP contribution in [-0.2, 0) is 6.18 Å². The third-order valence-corrected chi connectivity index (χ3v) is 4.72. The Morgan fingerprint density at radius 3 is 2.92 bits per heavy atom. The van der Waals surface area contributed by atoms with E-state index in [1.807, 2.05) is 0 Å². The Morgan fingerprint density at radius 1 is 1.33 bits per heavy atom. The summed E-state index contributed by atoms with van der Waals surface area (Å²) in [5.41, 5.74) is 0.116. The molecule has 0 aliphatic carbocycles. The molecular formula is C16H16F3N3O2. The maximum atomic E-state index is 12.7. The zero-order chi connectivity index (χ0) is 16.9. The SMILES string of the molecule is O=C(N[C@@H]1C[C@@H]2CCN(C2)C1)c1cc2cc(C(F)(F)F)oc2cn1. The normalized spacial score (nSPS) is 26.7. The van der Waals surface area contributed by atoms with Gasteiger partial charge in [0.15, 0.2) is 5.58 Å². The van der Waals surface area contributed by atoms with Crippen molar-refractivity contribution in [2.24, 2.45) is 5.92 Å². The molecule has 2 aliphatic rings. The van der Waals surface area contributed by atoms with Gasteiger partial charge in [0.1, 0.15) is 5.69 Å². The van der Waals surface area contributed by atoms with Crippen LogP contribution in [0.1, 0.15) is 29.1 Å². The molecule has 2 aromatic rings. The van der Waals surface area contributed by atoms with Gasteiger partial charge in [0.05, 0.1) is 6.20 Å². The average molecular weight is 339 g/mol. The van der Waals surface area contributed by atoms with Gasteiger partial charge in [-0.15, -0.1) is 0 Å². The molecule has 5 nitrogen and oxygen atoms in total. The van der Waals surface area contributed by atoms with Gasteiger partial charge < -0.3 is 14.6 Å². The van der Waals surface area contributed by atoms with Crippen LogP contribution in [0.3, 0.4) is 0 Å². The number of halogens is 3. The highest BCUT2D eigenvalue weighted by atomic mass is 19.4. The third-order valence-electron chi connectivity index (χ3n) is 4.72. The summed E-state index contributed by atoms with van der Waals surface area (Å²) in [6.45, 7) is 2.97. The van der Waals surface area contributed by atoms with E-state index in [9.17, 15) is 18.0 Å². The van der Waals surface area contributed by atoms with Gasteiger partial charge >= 0.3 is 6.18 Å². The number of fused-ring (bicyclic) bond motifs is 3. The predicted molar refractivity (Wildman–Crippen MR) is 79.4 cm³/mol. The first kappa shape index (κ1) is 15.4. The lowest BCUT2D eigenvalue weighted by Crippen LogP contribution is -2.47. The van der Waals surface area contributed by atoms with Crippen molar-refractivity contribution in [2.75, 3.05) is 19.6 Å². The second kappa shape index (κ2) is 5.47. The first-order valence-corrected chi connectivity index (χ1v) is 7.88. The summed E-state index contributed by atoms with van der Waals surface area (Å²) in [6, 6.07) is 2.29. The highest BCUT2D eigenvalue weighted by molar-refractivity contribution is 5.95. The van der Waals surface area contributed by atoms with E-state index < -0.39 is 11.9 Å². The number of rotatable bonds is 2. The number of carbonyl (C=O) groups excluding carboxylic acids is 1. The summed E-state index contributed by atoms with van der Waals surface area (Å²) in [6.07, 6.45) is -1.30. The van der Waals surface area contributed by atoms with Crippen molar-refractivity contribution in [1.29, 1.82) is 0 Å². The van der Waals surface area contributed by atoms with Crippen LogP contribution in [-0.4, -0.2) is 41.5 Å². The molecule has 3 atom stereocenters. The molecule has 0 radical (unpaired) electrons. The number of amides is 1. The van der Waals surface area contributed by atoms with E-state index in [4.69, 9.17) is 4.42 Å². The van der Waals surface area contributed by atoms with Crippen LogP contribution in [0.25, 0.3) is 11.0 Å². The van der Waals surface area contributed by atoms with Crippen molar-refractivity contribution >= 4 is 16.9 Å². The van der Waals surface area contributed by atoms with Gasteiger partial charge in [0, 0.05) is 24.5 Å². The first-order chi connectivity index (χ1) is 11.4. The summed E-state index contributed by atoms with van der Waals surface area (Å²) >= 11 is 0. The molecule has 128 valence electrons. The molecule has 4 rings (SSSR count). The molecule has 8 heteroatoms. The first-order valence-electron chi connectivity index (χ1n) is 7.88. The molecule has 24 heavy (non-hydrogen) atoms. The molecule has 2 aliphatic heterocycles. The second-order valence-electron chi connectivity index (χ2n) is 6.54. The summed E-state index contributed by atoms with van der Waals surface area (Å²) in [5, 5.41) is 3.16. The molecule has 1 N–H and O–H groups in total. The number of hydrogen-bond donors (Lipinski definition) is 1. The van der Waals surface area contributed by atoms with E-state index in [0.717, 1.165) is 44.7 Å². The summed E-state index contributed by atoms with van der Waals surface area (Å²) in [7, 11) is 0. The summed E-state index contributed by atoms with van der Waals surface area (Å²) < 4.78 is 42.8. The maximum absolute atomic E-state index is 12.7. The van der Waals surface area contributed by atoms with Gasteiger partial charge in [-0.2, -0.15) is 13.2 Å². The zero-order valence-corrected chi connectivity index (χ0v) is 12.8. The topological polar surface area (TPSA) is 58.4 Å². The summed E-state index contributed by atoms with van der Waals surface area (Å²) in [5.74, 6) is -0.838. The Hall–Kier alpha value is -2.09. The van der Waals surface area contributed by atoms with E-state index in [0.29, 0.717) is 5.92 Å². The van der Waals surface area contributed by atoms with Crippen LogP contribution < -0.4 is 5.32 Å². The van der Waals surface area contributed by atoms with Crippen molar-refractivity contribution < 1.29 is 22.4 Å². The van der Waals surface area contributed by atoms with E-state index >= 15 is 0 Å². The third kappa shape index (κ3) is 2.86. The van der Waals surface area contributed by atoms with E-state index in [1.54, 1.807) is 0 Å². The lowest BCUT2D eigenvalue weighted by atomic mass is 9.97. The number of furan rings is 1. The number of aromatic nitrogens is 1. The fraction of sp³-hybridized carbons (Fsp3) is 0.500. The van der Waals surface area contributed by atoms with Crippen LogP contribution in [0.4, 0.5) is 13.2 Å². The molecule has 2 aromatic heterocycles. The molecule has 2 fully saturated rings. The van der Waals surface area contributed by atoms with Crippen LogP contribution in [0.2, 0.25) is 0 Å². The minimum atomic E-state index is -4.56. The fourth-order valence-electron chi connectivity index (χ4n) is 3.63. The largest absolute Gasteiger partial charge is 0.450 e. The van der Waals surface area contributed by atoms with Crippen molar-refractivity contribution in [3.63, 3.8) is 0 Å². The Bertz CT molecular complexity index is 774. The Kier molecular flexibility index (Phi) is 3.52. The van der Waals surface area contributed by atoms with Crippen molar-refractivity contribution in [3.05, 3.63) is 29.8 Å². The van der Waals surface area contributed by atoms with Crippen LogP contribution in [0, 0.1) is 5.92 Å². The van der Waals surface area contributed by atoms with Gasteiger partial charge in [-0.3, -0.25) is 4.79 Å². The molecular weight excluding hydrogens is 323 g/mol. The molecule has 2 saturated heterocycles. The van der Waals surface area contributed by atoms with Crippen molar-refractivity contribution in [3.8, 4) is 0 Å². The van der Waals surface area contributed by atoms with Gasteiger partial charge in [-0.05, 0) is 37.4 Å². The molecule has 0 saturated carbocycles. The highest BCUT2D eigenvalue weighted by Crippen LogP contribution is 2.33.